The first-order valence-electron chi connectivity index (χ1n) is 6.80. The van der Waals surface area contributed by atoms with E-state index in [1.807, 2.05) is 6.08 Å². The summed E-state index contributed by atoms with van der Waals surface area (Å²) in [4.78, 5) is 2.56. The Morgan fingerprint density at radius 3 is 2.75 bits per heavy atom. The molecule has 1 N–H and O–H groups in total. The van der Waals surface area contributed by atoms with Crippen molar-refractivity contribution in [2.45, 2.75) is 39.5 Å². The molecular formula is C14H28N2. The van der Waals surface area contributed by atoms with Crippen LogP contribution in [0.15, 0.2) is 12.7 Å². The lowest BCUT2D eigenvalue weighted by Gasteiger charge is -2.40. The molecule has 16 heavy (non-hydrogen) atoms. The van der Waals surface area contributed by atoms with Gasteiger partial charge in [-0.3, -0.25) is 4.90 Å². The second-order valence-corrected chi connectivity index (χ2v) is 5.16. The fraction of sp³-hybridized carbons (Fsp3) is 0.857. The minimum Gasteiger partial charge on any atom is -0.316 e. The summed E-state index contributed by atoms with van der Waals surface area (Å²) in [5.41, 5.74) is 0.510. The van der Waals surface area contributed by atoms with Gasteiger partial charge in [-0.2, -0.15) is 0 Å². The molecule has 94 valence electrons. The van der Waals surface area contributed by atoms with Crippen LogP contribution < -0.4 is 5.32 Å². The Morgan fingerprint density at radius 2 is 2.25 bits per heavy atom. The summed E-state index contributed by atoms with van der Waals surface area (Å²) < 4.78 is 0. The lowest BCUT2D eigenvalue weighted by molar-refractivity contribution is 0.119. The van der Waals surface area contributed by atoms with Crippen LogP contribution in [0.2, 0.25) is 0 Å². The number of piperidine rings is 1. The van der Waals surface area contributed by atoms with E-state index in [0.717, 1.165) is 6.54 Å². The van der Waals surface area contributed by atoms with Gasteiger partial charge in [-0.05, 0) is 44.2 Å². The molecule has 0 aromatic rings. The SMILES string of the molecule is C=CCN(CCC)CC1(CC)CCCNC1. The third-order valence-corrected chi connectivity index (χ3v) is 3.80. The fourth-order valence-corrected chi connectivity index (χ4v) is 2.79. The Bertz CT molecular complexity index is 195. The van der Waals surface area contributed by atoms with Crippen LogP contribution in [0.1, 0.15) is 39.5 Å². The molecule has 0 amide bonds. The number of nitrogens with one attached hydrogen (secondary N) is 1. The normalized spacial score (nSPS) is 25.9. The summed E-state index contributed by atoms with van der Waals surface area (Å²) in [6.07, 6.45) is 7.28. The molecule has 1 heterocycles. The van der Waals surface area contributed by atoms with Gasteiger partial charge in [-0.1, -0.05) is 19.9 Å². The van der Waals surface area contributed by atoms with Crippen LogP contribution in [-0.2, 0) is 0 Å². The lowest BCUT2D eigenvalue weighted by atomic mass is 9.78. The Hall–Kier alpha value is -0.340. The molecule has 0 aromatic carbocycles. The van der Waals surface area contributed by atoms with Crippen molar-refractivity contribution in [3.05, 3.63) is 12.7 Å². The van der Waals surface area contributed by atoms with Gasteiger partial charge in [0.15, 0.2) is 0 Å². The van der Waals surface area contributed by atoms with Gasteiger partial charge in [0, 0.05) is 19.6 Å². The highest BCUT2D eigenvalue weighted by atomic mass is 15.1. The molecule has 1 aliphatic heterocycles. The van der Waals surface area contributed by atoms with Gasteiger partial charge >= 0.3 is 0 Å². The highest BCUT2D eigenvalue weighted by Crippen LogP contribution is 2.31. The van der Waals surface area contributed by atoms with Crippen LogP contribution in [0.25, 0.3) is 0 Å². The maximum absolute atomic E-state index is 3.87. The molecule has 1 atom stereocenters. The van der Waals surface area contributed by atoms with Crippen molar-refractivity contribution in [2.24, 2.45) is 5.41 Å². The van der Waals surface area contributed by atoms with Gasteiger partial charge in [0.2, 0.25) is 0 Å². The molecule has 1 rings (SSSR count). The van der Waals surface area contributed by atoms with Crippen molar-refractivity contribution in [3.63, 3.8) is 0 Å². The number of nitrogens with zero attached hydrogens (tertiary/aromatic N) is 1. The van der Waals surface area contributed by atoms with E-state index in [4.69, 9.17) is 0 Å². The van der Waals surface area contributed by atoms with Crippen molar-refractivity contribution in [3.8, 4) is 0 Å². The summed E-state index contributed by atoms with van der Waals surface area (Å²) in [6.45, 7) is 14.3. The molecule has 2 heteroatoms. The van der Waals surface area contributed by atoms with Crippen molar-refractivity contribution < 1.29 is 0 Å². The maximum Gasteiger partial charge on any atom is 0.0160 e. The first-order valence-corrected chi connectivity index (χ1v) is 6.80. The summed E-state index contributed by atoms with van der Waals surface area (Å²) >= 11 is 0. The molecule has 0 spiro atoms. The van der Waals surface area contributed by atoms with Gasteiger partial charge in [0.1, 0.15) is 0 Å². The van der Waals surface area contributed by atoms with Gasteiger partial charge < -0.3 is 5.32 Å². The molecular weight excluding hydrogens is 196 g/mol. The zero-order valence-electron chi connectivity index (χ0n) is 11.1. The van der Waals surface area contributed by atoms with E-state index in [0.29, 0.717) is 5.41 Å². The standard InChI is InChI=1S/C14H28N2/c1-4-10-16(11-5-2)13-14(6-3)8-7-9-15-12-14/h4,15H,1,5-13H2,2-3H3. The Morgan fingerprint density at radius 1 is 1.44 bits per heavy atom. The molecule has 1 fully saturated rings. The van der Waals surface area contributed by atoms with Gasteiger partial charge in [-0.15, -0.1) is 6.58 Å². The molecule has 0 aliphatic carbocycles. The summed E-state index contributed by atoms with van der Waals surface area (Å²) in [7, 11) is 0. The van der Waals surface area contributed by atoms with E-state index in [-0.39, 0.29) is 0 Å². The van der Waals surface area contributed by atoms with Crippen molar-refractivity contribution in [2.75, 3.05) is 32.7 Å². The molecule has 0 bridgehead atoms. The summed E-state index contributed by atoms with van der Waals surface area (Å²) in [5.74, 6) is 0. The highest BCUT2D eigenvalue weighted by Gasteiger charge is 2.31. The topological polar surface area (TPSA) is 15.3 Å². The fourth-order valence-electron chi connectivity index (χ4n) is 2.79. The Kier molecular flexibility index (Phi) is 6.07. The monoisotopic (exact) mass is 224 g/mol. The molecule has 1 unspecified atom stereocenters. The minimum atomic E-state index is 0.510. The van der Waals surface area contributed by atoms with E-state index in [1.165, 1.54) is 51.9 Å². The predicted octanol–water partition coefficient (Wildman–Crippen LogP) is 2.66. The molecule has 2 nitrogen and oxygen atoms in total. The highest BCUT2D eigenvalue weighted by molar-refractivity contribution is 4.88. The second-order valence-electron chi connectivity index (χ2n) is 5.16. The quantitative estimate of drug-likeness (QED) is 0.669. The van der Waals surface area contributed by atoms with Crippen LogP contribution in [-0.4, -0.2) is 37.6 Å². The first-order chi connectivity index (χ1) is 7.76. The van der Waals surface area contributed by atoms with Crippen LogP contribution in [0.5, 0.6) is 0 Å². The smallest absolute Gasteiger partial charge is 0.0160 e. The number of hydrogen-bond donors (Lipinski definition) is 1. The largest absolute Gasteiger partial charge is 0.316 e. The van der Waals surface area contributed by atoms with E-state index >= 15 is 0 Å². The van der Waals surface area contributed by atoms with Crippen LogP contribution >= 0.6 is 0 Å². The maximum atomic E-state index is 3.87. The first kappa shape index (κ1) is 13.7. The van der Waals surface area contributed by atoms with E-state index < -0.39 is 0 Å². The van der Waals surface area contributed by atoms with Crippen LogP contribution in [0, 0.1) is 5.41 Å². The zero-order valence-corrected chi connectivity index (χ0v) is 11.1. The number of rotatable bonds is 7. The van der Waals surface area contributed by atoms with Crippen molar-refractivity contribution >= 4 is 0 Å². The van der Waals surface area contributed by atoms with Crippen molar-refractivity contribution in [1.82, 2.24) is 10.2 Å². The predicted molar refractivity (Wildman–Crippen MR) is 71.8 cm³/mol. The third kappa shape index (κ3) is 3.91. The van der Waals surface area contributed by atoms with Crippen LogP contribution in [0.4, 0.5) is 0 Å². The van der Waals surface area contributed by atoms with Gasteiger partial charge in [0.05, 0.1) is 0 Å². The summed E-state index contributed by atoms with van der Waals surface area (Å²) in [6, 6.07) is 0. The molecule has 0 saturated carbocycles. The van der Waals surface area contributed by atoms with E-state index in [9.17, 15) is 0 Å². The molecule has 0 radical (unpaired) electrons. The van der Waals surface area contributed by atoms with Crippen molar-refractivity contribution in [1.29, 1.82) is 0 Å². The third-order valence-electron chi connectivity index (χ3n) is 3.80. The average Bonchev–Trinajstić information content (AvgIpc) is 2.31. The number of hydrogen-bond acceptors (Lipinski definition) is 2. The van der Waals surface area contributed by atoms with Gasteiger partial charge in [0.25, 0.3) is 0 Å². The van der Waals surface area contributed by atoms with E-state index in [2.05, 4.69) is 30.6 Å². The summed E-state index contributed by atoms with van der Waals surface area (Å²) in [5, 5.41) is 3.56. The zero-order chi connectivity index (χ0) is 11.9. The Labute approximate surface area is 101 Å². The van der Waals surface area contributed by atoms with Gasteiger partial charge in [-0.25, -0.2) is 0 Å². The average molecular weight is 224 g/mol. The van der Waals surface area contributed by atoms with E-state index in [1.54, 1.807) is 0 Å². The lowest BCUT2D eigenvalue weighted by Crippen LogP contribution is -2.47. The minimum absolute atomic E-state index is 0.510. The second kappa shape index (κ2) is 7.08. The van der Waals surface area contributed by atoms with Crippen LogP contribution in [0.3, 0.4) is 0 Å². The molecule has 0 aromatic heterocycles. The molecule has 1 aliphatic rings. The molecule has 1 saturated heterocycles. The Balaban J connectivity index is 2.53.